The van der Waals surface area contributed by atoms with Crippen molar-refractivity contribution >= 4 is 6.21 Å². The van der Waals surface area contributed by atoms with Crippen molar-refractivity contribution in [1.82, 2.24) is 0 Å². The van der Waals surface area contributed by atoms with Crippen LogP contribution in [0.25, 0.3) is 0 Å². The first-order valence-electron chi connectivity index (χ1n) is 4.36. The van der Waals surface area contributed by atoms with Crippen molar-refractivity contribution in [3.63, 3.8) is 0 Å². The van der Waals surface area contributed by atoms with Crippen LogP contribution in [0.3, 0.4) is 0 Å². The Morgan fingerprint density at radius 3 is 2.15 bits per heavy atom. The molecule has 0 aliphatic carbocycles. The number of benzene rings is 1. The minimum absolute atomic E-state index is 0.365. The molecule has 0 unspecified atom stereocenters. The van der Waals surface area contributed by atoms with Gasteiger partial charge in [-0.1, -0.05) is 18.2 Å². The first-order chi connectivity index (χ1) is 6.00. The highest BCUT2D eigenvalue weighted by atomic mass is 16.5. The van der Waals surface area contributed by atoms with Gasteiger partial charge >= 0.3 is 0 Å². The van der Waals surface area contributed by atoms with Crippen molar-refractivity contribution in [2.45, 2.75) is 26.3 Å². The van der Waals surface area contributed by atoms with Crippen LogP contribution < -0.4 is 0 Å². The molecule has 70 valence electrons. The monoisotopic (exact) mass is 177 g/mol. The summed E-state index contributed by atoms with van der Waals surface area (Å²) in [5.74, 6) is 0. The van der Waals surface area contributed by atoms with Crippen LogP contribution in [0.1, 0.15) is 26.3 Å². The average Bonchev–Trinajstić information content (AvgIpc) is 2.04. The number of rotatable bonds is 1. The molecule has 0 saturated heterocycles. The van der Waals surface area contributed by atoms with Gasteiger partial charge in [-0.3, -0.25) is 0 Å². The first-order valence-corrected chi connectivity index (χ1v) is 4.36. The Morgan fingerprint density at radius 2 is 1.69 bits per heavy atom. The molecule has 0 spiro atoms. The second-order valence-corrected chi connectivity index (χ2v) is 4.04. The predicted molar refractivity (Wildman–Crippen MR) is 55.0 cm³/mol. The normalized spacial score (nSPS) is 13.0. The molecule has 0 aliphatic rings. The van der Waals surface area contributed by atoms with Crippen molar-refractivity contribution in [2.75, 3.05) is 0 Å². The quantitative estimate of drug-likeness (QED) is 0.280. The lowest BCUT2D eigenvalue weighted by atomic mass is 10.1. The summed E-state index contributed by atoms with van der Waals surface area (Å²) in [5.41, 5.74) is 0.572. The fourth-order valence-electron chi connectivity index (χ4n) is 0.868. The molecule has 0 saturated carbocycles. The smallest absolute Gasteiger partial charge is 0.182 e. The van der Waals surface area contributed by atoms with Gasteiger partial charge in [-0.25, -0.2) is 4.74 Å². The van der Waals surface area contributed by atoms with Gasteiger partial charge in [-0.2, -0.15) is 0 Å². The van der Waals surface area contributed by atoms with Gasteiger partial charge in [0.05, 0.1) is 0 Å². The minimum Gasteiger partial charge on any atom is -0.623 e. The molecule has 13 heavy (non-hydrogen) atoms. The second-order valence-electron chi connectivity index (χ2n) is 4.04. The van der Waals surface area contributed by atoms with Gasteiger partial charge in [0.2, 0.25) is 0 Å². The van der Waals surface area contributed by atoms with E-state index < -0.39 is 0 Å². The number of nitrogens with zero attached hydrogens (tertiary/aromatic N) is 1. The molecule has 0 bridgehead atoms. The third-order valence-electron chi connectivity index (χ3n) is 1.73. The third-order valence-corrected chi connectivity index (χ3v) is 1.73. The second kappa shape index (κ2) is 3.60. The number of hydroxylamine groups is 1. The molecule has 0 atom stereocenters. The van der Waals surface area contributed by atoms with E-state index in [1.165, 1.54) is 0 Å². The molecular formula is C11H15NO. The van der Waals surface area contributed by atoms with Crippen molar-refractivity contribution in [2.24, 2.45) is 0 Å². The Kier molecular flexibility index (Phi) is 2.71. The Hall–Kier alpha value is -1.31. The van der Waals surface area contributed by atoms with E-state index in [2.05, 4.69) is 0 Å². The van der Waals surface area contributed by atoms with E-state index in [1.807, 2.05) is 51.1 Å². The van der Waals surface area contributed by atoms with E-state index >= 15 is 0 Å². The van der Waals surface area contributed by atoms with Crippen LogP contribution in [0.5, 0.6) is 0 Å². The maximum atomic E-state index is 11.5. The highest BCUT2D eigenvalue weighted by molar-refractivity contribution is 5.75. The molecular weight excluding hydrogens is 162 g/mol. The van der Waals surface area contributed by atoms with E-state index in [4.69, 9.17) is 0 Å². The lowest BCUT2D eigenvalue weighted by Gasteiger charge is -2.18. The lowest BCUT2D eigenvalue weighted by molar-refractivity contribution is -0.530. The van der Waals surface area contributed by atoms with Gasteiger partial charge in [-0.05, 0) is 12.1 Å². The maximum absolute atomic E-state index is 11.5. The zero-order valence-electron chi connectivity index (χ0n) is 8.32. The Labute approximate surface area is 79.1 Å². The van der Waals surface area contributed by atoms with Gasteiger partial charge in [0.15, 0.2) is 11.8 Å². The Bertz CT molecular complexity index is 296. The summed E-state index contributed by atoms with van der Waals surface area (Å²) in [6.45, 7) is 5.66. The summed E-state index contributed by atoms with van der Waals surface area (Å²) in [6.07, 6.45) is 1.61. The summed E-state index contributed by atoms with van der Waals surface area (Å²) in [7, 11) is 0. The Morgan fingerprint density at radius 1 is 1.15 bits per heavy atom. The van der Waals surface area contributed by atoms with Gasteiger partial charge in [0.25, 0.3) is 0 Å². The van der Waals surface area contributed by atoms with Gasteiger partial charge in [-0.15, -0.1) is 0 Å². The van der Waals surface area contributed by atoms with Crippen LogP contribution in [0, 0.1) is 5.21 Å². The van der Waals surface area contributed by atoms with Crippen molar-refractivity contribution in [3.8, 4) is 0 Å². The number of hydrogen-bond acceptors (Lipinski definition) is 1. The van der Waals surface area contributed by atoms with E-state index in [0.29, 0.717) is 0 Å². The molecule has 0 aromatic heterocycles. The molecule has 2 nitrogen and oxygen atoms in total. The van der Waals surface area contributed by atoms with Gasteiger partial charge < -0.3 is 5.21 Å². The molecule has 0 aliphatic heterocycles. The fourth-order valence-corrected chi connectivity index (χ4v) is 0.868. The summed E-state index contributed by atoms with van der Waals surface area (Å²) < 4.78 is 0.975. The standard InChI is InChI=1S/C11H15NO/c1-11(2,3)12(13)9-10-7-5-4-6-8-10/h4-9H,1-3H3/b12-9+. The van der Waals surface area contributed by atoms with E-state index in [9.17, 15) is 5.21 Å². The molecule has 0 heterocycles. The molecule has 0 radical (unpaired) electrons. The van der Waals surface area contributed by atoms with E-state index in [0.717, 1.165) is 10.3 Å². The van der Waals surface area contributed by atoms with Crippen molar-refractivity contribution in [1.29, 1.82) is 0 Å². The van der Waals surface area contributed by atoms with Crippen LogP contribution in [-0.4, -0.2) is 16.5 Å². The number of hydrogen-bond donors (Lipinski definition) is 0. The zero-order chi connectivity index (χ0) is 9.90. The SMILES string of the molecule is CC(C)(C)/[N+]([O-])=C\c1ccccc1. The topological polar surface area (TPSA) is 26.1 Å². The maximum Gasteiger partial charge on any atom is 0.182 e. The molecule has 0 amide bonds. The molecule has 2 heteroatoms. The summed E-state index contributed by atoms with van der Waals surface area (Å²) in [6, 6.07) is 9.60. The van der Waals surface area contributed by atoms with E-state index in [1.54, 1.807) is 6.21 Å². The Balaban J connectivity index is 2.90. The van der Waals surface area contributed by atoms with Crippen LogP contribution in [0.15, 0.2) is 30.3 Å². The molecule has 1 aromatic carbocycles. The van der Waals surface area contributed by atoms with E-state index in [-0.39, 0.29) is 5.54 Å². The largest absolute Gasteiger partial charge is 0.623 e. The summed E-state index contributed by atoms with van der Waals surface area (Å²) in [5, 5.41) is 11.5. The lowest BCUT2D eigenvalue weighted by Crippen LogP contribution is -2.29. The average molecular weight is 177 g/mol. The highest BCUT2D eigenvalue weighted by Gasteiger charge is 2.17. The molecule has 1 rings (SSSR count). The highest BCUT2D eigenvalue weighted by Crippen LogP contribution is 2.05. The third kappa shape index (κ3) is 2.90. The van der Waals surface area contributed by atoms with Crippen LogP contribution >= 0.6 is 0 Å². The van der Waals surface area contributed by atoms with Gasteiger partial charge in [0, 0.05) is 26.3 Å². The van der Waals surface area contributed by atoms with Crippen LogP contribution in [0.2, 0.25) is 0 Å². The van der Waals surface area contributed by atoms with Crippen molar-refractivity contribution < 1.29 is 4.74 Å². The molecule has 1 aromatic rings. The minimum atomic E-state index is -0.365. The molecule has 0 N–H and O–H groups in total. The summed E-state index contributed by atoms with van der Waals surface area (Å²) in [4.78, 5) is 0. The fraction of sp³-hybridized carbons (Fsp3) is 0.364. The first kappa shape index (κ1) is 9.78. The molecule has 0 fully saturated rings. The predicted octanol–water partition coefficient (Wildman–Crippen LogP) is 2.41. The van der Waals surface area contributed by atoms with Crippen LogP contribution in [-0.2, 0) is 0 Å². The van der Waals surface area contributed by atoms with Crippen molar-refractivity contribution in [3.05, 3.63) is 41.1 Å². The zero-order valence-corrected chi connectivity index (χ0v) is 8.32. The van der Waals surface area contributed by atoms with Crippen LogP contribution in [0.4, 0.5) is 0 Å². The van der Waals surface area contributed by atoms with Gasteiger partial charge in [0.1, 0.15) is 0 Å². The summed E-state index contributed by atoms with van der Waals surface area (Å²) >= 11 is 0.